The number of methoxy groups -OCH3 is 1. The highest BCUT2D eigenvalue weighted by Crippen LogP contribution is 2.26. The first-order valence-electron chi connectivity index (χ1n) is 7.58. The van der Waals surface area contributed by atoms with Crippen molar-refractivity contribution in [3.05, 3.63) is 89.5 Å². The fraction of sp³-hybridized carbons (Fsp3) is 0.0476. The highest BCUT2D eigenvalue weighted by Gasteiger charge is 2.14. The second kappa shape index (κ2) is 6.92. The topological polar surface area (TPSA) is 43.4 Å². The maximum Gasteiger partial charge on any atom is 0.330 e. The number of ether oxygens (including phenoxy) is 1. The average molecular weight is 316 g/mol. The van der Waals surface area contributed by atoms with Gasteiger partial charge in [-0.2, -0.15) is 0 Å². The predicted molar refractivity (Wildman–Crippen MR) is 94.9 cm³/mol. The minimum Gasteiger partial charge on any atom is -0.466 e. The molecule has 0 spiro atoms. The maximum absolute atomic E-state index is 12.9. The van der Waals surface area contributed by atoms with E-state index in [1.807, 2.05) is 48.5 Å². The standard InChI is InChI=1S/C21H16O3/c1-24-20(22)14-13-18-17-10-6-5-7-15(17)11-12-19(18)21(23)16-8-3-2-4-9-16/h2-14H,1H3/b14-13+. The molecular formula is C21H16O3. The average Bonchev–Trinajstić information content (AvgIpc) is 2.65. The van der Waals surface area contributed by atoms with Gasteiger partial charge in [0.15, 0.2) is 5.78 Å². The van der Waals surface area contributed by atoms with Crippen LogP contribution in [0.5, 0.6) is 0 Å². The van der Waals surface area contributed by atoms with Gasteiger partial charge in [0.1, 0.15) is 0 Å². The van der Waals surface area contributed by atoms with Crippen LogP contribution in [0.1, 0.15) is 21.5 Å². The molecule has 0 bridgehead atoms. The largest absolute Gasteiger partial charge is 0.466 e. The van der Waals surface area contributed by atoms with Crippen molar-refractivity contribution in [2.45, 2.75) is 0 Å². The summed E-state index contributed by atoms with van der Waals surface area (Å²) in [6.07, 6.45) is 2.98. The van der Waals surface area contributed by atoms with Crippen LogP contribution < -0.4 is 0 Å². The van der Waals surface area contributed by atoms with Crippen molar-refractivity contribution in [1.29, 1.82) is 0 Å². The van der Waals surface area contributed by atoms with Crippen LogP contribution in [-0.2, 0) is 9.53 Å². The second-order valence-corrected chi connectivity index (χ2v) is 5.30. The number of rotatable bonds is 4. The molecule has 0 saturated heterocycles. The molecule has 0 aliphatic carbocycles. The summed E-state index contributed by atoms with van der Waals surface area (Å²) in [5, 5.41) is 1.92. The molecule has 0 aromatic heterocycles. The number of fused-ring (bicyclic) bond motifs is 1. The minimum absolute atomic E-state index is 0.0779. The fourth-order valence-corrected chi connectivity index (χ4v) is 2.64. The van der Waals surface area contributed by atoms with Gasteiger partial charge in [-0.05, 0) is 28.5 Å². The van der Waals surface area contributed by atoms with Crippen molar-refractivity contribution in [1.82, 2.24) is 0 Å². The zero-order valence-corrected chi connectivity index (χ0v) is 13.2. The van der Waals surface area contributed by atoms with Crippen LogP contribution in [-0.4, -0.2) is 18.9 Å². The number of carbonyl (C=O) groups is 2. The first-order chi connectivity index (χ1) is 11.7. The van der Waals surface area contributed by atoms with Crippen LogP contribution in [0.25, 0.3) is 16.8 Å². The van der Waals surface area contributed by atoms with Gasteiger partial charge in [-0.3, -0.25) is 4.79 Å². The Morgan fingerprint density at radius 1 is 0.875 bits per heavy atom. The molecule has 0 heterocycles. The van der Waals surface area contributed by atoms with Crippen LogP contribution in [0.15, 0.2) is 72.8 Å². The van der Waals surface area contributed by atoms with Crippen molar-refractivity contribution in [3.63, 3.8) is 0 Å². The predicted octanol–water partition coefficient (Wildman–Crippen LogP) is 4.26. The van der Waals surface area contributed by atoms with Gasteiger partial charge in [-0.1, -0.05) is 60.7 Å². The number of hydrogen-bond donors (Lipinski definition) is 0. The molecule has 0 radical (unpaired) electrons. The van der Waals surface area contributed by atoms with Gasteiger partial charge in [-0.25, -0.2) is 4.79 Å². The summed E-state index contributed by atoms with van der Waals surface area (Å²) in [4.78, 5) is 24.4. The first-order valence-corrected chi connectivity index (χ1v) is 7.58. The number of hydrogen-bond acceptors (Lipinski definition) is 3. The van der Waals surface area contributed by atoms with Gasteiger partial charge >= 0.3 is 5.97 Å². The van der Waals surface area contributed by atoms with Crippen molar-refractivity contribution < 1.29 is 14.3 Å². The van der Waals surface area contributed by atoms with Crippen LogP contribution >= 0.6 is 0 Å². The van der Waals surface area contributed by atoms with Gasteiger partial charge in [0.2, 0.25) is 0 Å². The summed E-state index contributed by atoms with van der Waals surface area (Å²) in [7, 11) is 1.33. The Hall–Kier alpha value is -3.20. The quantitative estimate of drug-likeness (QED) is 0.410. The van der Waals surface area contributed by atoms with Crippen LogP contribution in [0.2, 0.25) is 0 Å². The summed E-state index contributed by atoms with van der Waals surface area (Å²) in [5.74, 6) is -0.535. The molecular weight excluding hydrogens is 300 g/mol. The summed E-state index contributed by atoms with van der Waals surface area (Å²) in [5.41, 5.74) is 1.88. The summed E-state index contributed by atoms with van der Waals surface area (Å²) in [6.45, 7) is 0. The lowest BCUT2D eigenvalue weighted by atomic mass is 9.93. The van der Waals surface area contributed by atoms with E-state index in [1.165, 1.54) is 13.2 Å². The lowest BCUT2D eigenvalue weighted by Gasteiger charge is -2.09. The molecule has 0 aliphatic heterocycles. The molecule has 3 aromatic carbocycles. The van der Waals surface area contributed by atoms with Crippen molar-refractivity contribution in [2.75, 3.05) is 7.11 Å². The minimum atomic E-state index is -0.457. The van der Waals surface area contributed by atoms with Crippen molar-refractivity contribution in [2.24, 2.45) is 0 Å². The molecule has 0 unspecified atom stereocenters. The Labute approximate surface area is 140 Å². The van der Waals surface area contributed by atoms with Gasteiger partial charge in [0.25, 0.3) is 0 Å². The zero-order chi connectivity index (χ0) is 16.9. The summed E-state index contributed by atoms with van der Waals surface area (Å²) < 4.78 is 4.66. The van der Waals surface area contributed by atoms with E-state index in [4.69, 9.17) is 0 Å². The smallest absolute Gasteiger partial charge is 0.330 e. The van der Waals surface area contributed by atoms with E-state index in [-0.39, 0.29) is 5.78 Å². The molecule has 0 N–H and O–H groups in total. The third kappa shape index (κ3) is 3.10. The van der Waals surface area contributed by atoms with Gasteiger partial charge < -0.3 is 4.74 Å². The van der Waals surface area contributed by atoms with E-state index < -0.39 is 5.97 Å². The third-order valence-electron chi connectivity index (χ3n) is 3.84. The van der Waals surface area contributed by atoms with Gasteiger partial charge in [0.05, 0.1) is 7.11 Å². The molecule has 3 aromatic rings. The number of esters is 1. The lowest BCUT2D eigenvalue weighted by Crippen LogP contribution is -2.04. The fourth-order valence-electron chi connectivity index (χ4n) is 2.64. The Morgan fingerprint density at radius 3 is 2.33 bits per heavy atom. The van der Waals surface area contributed by atoms with E-state index in [0.717, 1.165) is 10.8 Å². The van der Waals surface area contributed by atoms with Gasteiger partial charge in [-0.15, -0.1) is 0 Å². The molecule has 0 amide bonds. The van der Waals surface area contributed by atoms with E-state index in [1.54, 1.807) is 24.3 Å². The molecule has 0 atom stereocenters. The van der Waals surface area contributed by atoms with E-state index in [0.29, 0.717) is 16.7 Å². The summed E-state index contributed by atoms with van der Waals surface area (Å²) >= 11 is 0. The lowest BCUT2D eigenvalue weighted by molar-refractivity contribution is -0.134. The maximum atomic E-state index is 12.9. The molecule has 3 heteroatoms. The first kappa shape index (κ1) is 15.7. The van der Waals surface area contributed by atoms with Crippen molar-refractivity contribution in [3.8, 4) is 0 Å². The van der Waals surface area contributed by atoms with E-state index >= 15 is 0 Å². The Kier molecular flexibility index (Phi) is 4.52. The Bertz CT molecular complexity index is 924. The highest BCUT2D eigenvalue weighted by molar-refractivity contribution is 6.14. The second-order valence-electron chi connectivity index (χ2n) is 5.30. The highest BCUT2D eigenvalue weighted by atomic mass is 16.5. The third-order valence-corrected chi connectivity index (χ3v) is 3.84. The molecule has 118 valence electrons. The molecule has 3 nitrogen and oxygen atoms in total. The monoisotopic (exact) mass is 316 g/mol. The Balaban J connectivity index is 2.18. The molecule has 0 fully saturated rings. The van der Waals surface area contributed by atoms with E-state index in [9.17, 15) is 9.59 Å². The SMILES string of the molecule is COC(=O)/C=C/c1c(C(=O)c2ccccc2)ccc2ccccc12. The molecule has 0 aliphatic rings. The van der Waals surface area contributed by atoms with Crippen LogP contribution in [0.4, 0.5) is 0 Å². The van der Waals surface area contributed by atoms with Crippen LogP contribution in [0, 0.1) is 0 Å². The molecule has 24 heavy (non-hydrogen) atoms. The van der Waals surface area contributed by atoms with E-state index in [2.05, 4.69) is 4.74 Å². The van der Waals surface area contributed by atoms with Crippen LogP contribution in [0.3, 0.4) is 0 Å². The number of carbonyl (C=O) groups excluding carboxylic acids is 2. The number of benzene rings is 3. The normalized spacial score (nSPS) is 10.9. The number of ketones is 1. The molecule has 3 rings (SSSR count). The van der Waals surface area contributed by atoms with Gasteiger partial charge in [0, 0.05) is 17.2 Å². The zero-order valence-electron chi connectivity index (χ0n) is 13.2. The molecule has 0 saturated carbocycles. The van der Waals surface area contributed by atoms with Crippen molar-refractivity contribution >= 4 is 28.6 Å². The Morgan fingerprint density at radius 2 is 1.58 bits per heavy atom. The summed E-state index contributed by atoms with van der Waals surface area (Å²) in [6, 6.07) is 20.6.